The predicted octanol–water partition coefficient (Wildman–Crippen LogP) is 2.77. The van der Waals surface area contributed by atoms with Gasteiger partial charge in [-0.2, -0.15) is 0 Å². The first-order valence-electron chi connectivity index (χ1n) is 6.33. The summed E-state index contributed by atoms with van der Waals surface area (Å²) < 4.78 is 18.1. The number of aliphatic carboxylic acids is 1. The molecule has 2 N–H and O–H groups in total. The number of ketones is 1. The van der Waals surface area contributed by atoms with Gasteiger partial charge in [0.2, 0.25) is 0 Å². The molecule has 0 saturated heterocycles. The molecule has 114 valence electrons. The second-order valence-electron chi connectivity index (χ2n) is 4.41. The fourth-order valence-corrected chi connectivity index (χ4v) is 1.68. The van der Waals surface area contributed by atoms with Crippen LogP contribution >= 0.6 is 0 Å². The molecule has 1 aromatic heterocycles. The highest BCUT2D eigenvalue weighted by Crippen LogP contribution is 2.26. The number of Topliss-reactive ketones (excluding diaryl/α,β-unsaturated/α-hetero) is 1. The first-order valence-corrected chi connectivity index (χ1v) is 6.33. The lowest BCUT2D eigenvalue weighted by Gasteiger charge is -2.07. The maximum absolute atomic E-state index is 12.8. The van der Waals surface area contributed by atoms with E-state index in [1.54, 1.807) is 0 Å². The molecule has 0 unspecified atom stereocenters. The summed E-state index contributed by atoms with van der Waals surface area (Å²) in [4.78, 5) is 25.9. The topological polar surface area (TPSA) is 96.7 Å². The molecule has 0 amide bonds. The molecule has 0 bridgehead atoms. The fraction of sp³-hybridized carbons (Fsp3) is 0.133. The zero-order valence-electron chi connectivity index (χ0n) is 11.3. The van der Waals surface area contributed by atoms with Crippen LogP contribution in [0.15, 0.2) is 36.5 Å². The van der Waals surface area contributed by atoms with Crippen LogP contribution in [0.3, 0.4) is 0 Å². The van der Waals surface area contributed by atoms with Crippen molar-refractivity contribution in [2.75, 3.05) is 0 Å². The number of aromatic nitrogens is 1. The van der Waals surface area contributed by atoms with Gasteiger partial charge >= 0.3 is 5.97 Å². The zero-order valence-corrected chi connectivity index (χ0v) is 11.3. The first-order chi connectivity index (χ1) is 10.5. The summed E-state index contributed by atoms with van der Waals surface area (Å²) in [5, 5.41) is 18.3. The van der Waals surface area contributed by atoms with Gasteiger partial charge < -0.3 is 14.9 Å². The van der Waals surface area contributed by atoms with Crippen LogP contribution in [0.1, 0.15) is 23.3 Å². The number of carbonyl (C=O) groups is 2. The number of pyridine rings is 1. The summed E-state index contributed by atoms with van der Waals surface area (Å²) in [6, 6.07) is 6.42. The van der Waals surface area contributed by atoms with Crippen LogP contribution in [0, 0.1) is 5.82 Å². The number of rotatable bonds is 6. The Kier molecular flexibility index (Phi) is 4.67. The van der Waals surface area contributed by atoms with Gasteiger partial charge in [0.15, 0.2) is 5.78 Å². The van der Waals surface area contributed by atoms with Crippen molar-refractivity contribution >= 4 is 11.8 Å². The Labute approximate surface area is 124 Å². The lowest BCUT2D eigenvalue weighted by atomic mass is 10.1. The smallest absolute Gasteiger partial charge is 0.303 e. The SMILES string of the molecule is O=C(O)CCC(=O)c1ncc(Oc2ccc(F)cc2)cc1O. The van der Waals surface area contributed by atoms with Crippen LogP contribution in [-0.2, 0) is 4.79 Å². The van der Waals surface area contributed by atoms with Gasteiger partial charge in [0.25, 0.3) is 0 Å². The van der Waals surface area contributed by atoms with Crippen molar-refractivity contribution in [2.45, 2.75) is 12.8 Å². The normalized spacial score (nSPS) is 10.2. The van der Waals surface area contributed by atoms with E-state index in [4.69, 9.17) is 9.84 Å². The van der Waals surface area contributed by atoms with E-state index in [1.165, 1.54) is 36.5 Å². The third-order valence-corrected chi connectivity index (χ3v) is 2.72. The number of nitrogens with zero attached hydrogens (tertiary/aromatic N) is 1. The molecular weight excluding hydrogens is 293 g/mol. The van der Waals surface area contributed by atoms with E-state index in [0.29, 0.717) is 5.75 Å². The average Bonchev–Trinajstić information content (AvgIpc) is 2.47. The monoisotopic (exact) mass is 305 g/mol. The zero-order chi connectivity index (χ0) is 16.1. The number of carbonyl (C=O) groups excluding carboxylic acids is 1. The van der Waals surface area contributed by atoms with E-state index in [9.17, 15) is 19.1 Å². The van der Waals surface area contributed by atoms with Gasteiger partial charge in [0.1, 0.15) is 28.8 Å². The highest BCUT2D eigenvalue weighted by Gasteiger charge is 2.15. The number of halogens is 1. The van der Waals surface area contributed by atoms with E-state index in [0.717, 1.165) is 0 Å². The van der Waals surface area contributed by atoms with Crippen molar-refractivity contribution in [3.63, 3.8) is 0 Å². The Morgan fingerprint density at radius 2 is 1.82 bits per heavy atom. The second-order valence-corrected chi connectivity index (χ2v) is 4.41. The molecule has 0 aliphatic heterocycles. The van der Waals surface area contributed by atoms with Crippen LogP contribution in [-0.4, -0.2) is 26.9 Å². The van der Waals surface area contributed by atoms with E-state index >= 15 is 0 Å². The van der Waals surface area contributed by atoms with Crippen molar-refractivity contribution < 1.29 is 28.9 Å². The first kappa shape index (κ1) is 15.4. The molecule has 1 aromatic carbocycles. The van der Waals surface area contributed by atoms with Gasteiger partial charge in [-0.1, -0.05) is 0 Å². The molecule has 7 heteroatoms. The number of benzene rings is 1. The minimum Gasteiger partial charge on any atom is -0.505 e. The van der Waals surface area contributed by atoms with Crippen molar-refractivity contribution in [1.82, 2.24) is 4.98 Å². The molecule has 0 aliphatic carbocycles. The molecule has 6 nitrogen and oxygen atoms in total. The molecule has 0 radical (unpaired) electrons. The van der Waals surface area contributed by atoms with Crippen molar-refractivity contribution in [3.8, 4) is 17.2 Å². The van der Waals surface area contributed by atoms with Gasteiger partial charge in [0.05, 0.1) is 12.6 Å². The third-order valence-electron chi connectivity index (χ3n) is 2.72. The quantitative estimate of drug-likeness (QED) is 0.796. The molecule has 0 aliphatic rings. The molecular formula is C15H12FNO5. The van der Waals surface area contributed by atoms with Crippen LogP contribution < -0.4 is 4.74 Å². The van der Waals surface area contributed by atoms with Crippen molar-refractivity contribution in [2.24, 2.45) is 0 Å². The van der Waals surface area contributed by atoms with Crippen LogP contribution in [0.4, 0.5) is 4.39 Å². The standard InChI is InChI=1S/C15H12FNO5/c16-9-1-3-10(4-2-9)22-11-7-13(19)15(17-8-11)12(18)5-6-14(20)21/h1-4,7-8,19H,5-6H2,(H,20,21). The van der Waals surface area contributed by atoms with Gasteiger partial charge in [0, 0.05) is 12.5 Å². The molecule has 1 heterocycles. The molecule has 2 rings (SSSR count). The number of carboxylic acid groups (broad SMARTS) is 1. The van der Waals surface area contributed by atoms with Crippen LogP contribution in [0.25, 0.3) is 0 Å². The van der Waals surface area contributed by atoms with E-state index in [-0.39, 0.29) is 24.3 Å². The molecule has 0 fully saturated rings. The Hall–Kier alpha value is -2.96. The number of ether oxygens (including phenoxy) is 1. The number of hydrogen-bond acceptors (Lipinski definition) is 5. The summed E-state index contributed by atoms with van der Waals surface area (Å²) in [5.41, 5.74) is -0.215. The summed E-state index contributed by atoms with van der Waals surface area (Å²) in [6.07, 6.45) is 0.624. The number of carboxylic acids is 1. The van der Waals surface area contributed by atoms with Crippen LogP contribution in [0.5, 0.6) is 17.2 Å². The maximum Gasteiger partial charge on any atom is 0.303 e. The Balaban J connectivity index is 2.10. The molecule has 2 aromatic rings. The van der Waals surface area contributed by atoms with Gasteiger partial charge in [-0.25, -0.2) is 9.37 Å². The van der Waals surface area contributed by atoms with Crippen molar-refractivity contribution in [3.05, 3.63) is 48.0 Å². The van der Waals surface area contributed by atoms with Gasteiger partial charge in [-0.05, 0) is 24.3 Å². The van der Waals surface area contributed by atoms with Crippen LogP contribution in [0.2, 0.25) is 0 Å². The summed E-state index contributed by atoms with van der Waals surface area (Å²) >= 11 is 0. The maximum atomic E-state index is 12.8. The second kappa shape index (κ2) is 6.66. The molecule has 0 saturated carbocycles. The van der Waals surface area contributed by atoms with E-state index in [2.05, 4.69) is 4.98 Å². The Morgan fingerprint density at radius 3 is 2.41 bits per heavy atom. The van der Waals surface area contributed by atoms with Gasteiger partial charge in [-0.3, -0.25) is 9.59 Å². The summed E-state index contributed by atoms with van der Waals surface area (Å²) in [7, 11) is 0. The average molecular weight is 305 g/mol. The summed E-state index contributed by atoms with van der Waals surface area (Å²) in [6.45, 7) is 0. The number of hydrogen-bond donors (Lipinski definition) is 2. The van der Waals surface area contributed by atoms with E-state index in [1.807, 2.05) is 0 Å². The van der Waals surface area contributed by atoms with Crippen molar-refractivity contribution in [1.29, 1.82) is 0 Å². The van der Waals surface area contributed by atoms with Gasteiger partial charge in [-0.15, -0.1) is 0 Å². The minimum absolute atomic E-state index is 0.166. The highest BCUT2D eigenvalue weighted by molar-refractivity contribution is 5.98. The lowest BCUT2D eigenvalue weighted by molar-refractivity contribution is -0.136. The predicted molar refractivity (Wildman–Crippen MR) is 73.6 cm³/mol. The Bertz CT molecular complexity index is 700. The lowest BCUT2D eigenvalue weighted by Crippen LogP contribution is -2.06. The molecule has 22 heavy (non-hydrogen) atoms. The fourth-order valence-electron chi connectivity index (χ4n) is 1.68. The third kappa shape index (κ3) is 4.02. The highest BCUT2D eigenvalue weighted by atomic mass is 19.1. The number of aromatic hydroxyl groups is 1. The summed E-state index contributed by atoms with van der Waals surface area (Å²) in [5.74, 6) is -1.99. The minimum atomic E-state index is -1.11. The van der Waals surface area contributed by atoms with E-state index < -0.39 is 23.3 Å². The largest absolute Gasteiger partial charge is 0.505 e. The Morgan fingerprint density at radius 1 is 1.14 bits per heavy atom. The molecule has 0 spiro atoms. The molecule has 0 atom stereocenters.